The number of nitrogens with one attached hydrogen (secondary N) is 1. The first-order valence-electron chi connectivity index (χ1n) is 14.7. The van der Waals surface area contributed by atoms with E-state index in [0.29, 0.717) is 11.2 Å². The normalized spacial score (nSPS) is 34.2. The molecule has 7 N–H and O–H groups in total. The fourth-order valence-corrected chi connectivity index (χ4v) is 8.30. The minimum absolute atomic E-state index is 0.0200. The number of thioether (sulfide) groups is 1. The van der Waals surface area contributed by atoms with Crippen LogP contribution in [0.4, 0.5) is 0 Å². The molecule has 1 aromatic heterocycles. The molecule has 7 unspecified atom stereocenters. The number of likely N-dealkylation sites (tertiary alicyclic amines) is 1. The Morgan fingerprint density at radius 1 is 0.980 bits per heavy atom. The number of aliphatic hydroxyl groups is 5. The predicted octanol–water partition coefficient (Wildman–Crippen LogP) is -4.89. The van der Waals surface area contributed by atoms with Gasteiger partial charge in [0, 0.05) is 31.5 Å². The third-order valence-corrected chi connectivity index (χ3v) is 11.4. The van der Waals surface area contributed by atoms with E-state index >= 15 is 0 Å². The molecule has 0 bridgehead atoms. The minimum atomic E-state index is -5.97. The van der Waals surface area contributed by atoms with Gasteiger partial charge in [-0.05, 0) is 0 Å². The van der Waals surface area contributed by atoms with Crippen LogP contribution >= 0.6 is 27.4 Å². The molecule has 284 valence electrons. The molecule has 4 heterocycles. The van der Waals surface area contributed by atoms with Crippen molar-refractivity contribution in [3.8, 4) is 0 Å². The summed E-state index contributed by atoms with van der Waals surface area (Å²) in [7, 11) is -10.1. The number of nitrogens with zero attached hydrogens (tertiary/aromatic N) is 2. The summed E-state index contributed by atoms with van der Waals surface area (Å²) in [5, 5.41) is 50.6. The molecule has 3 aliphatic rings. The average Bonchev–Trinajstić information content (AvgIpc) is 3.47. The maximum Gasteiger partial charge on any atom is 0.478 e. The molecule has 1 aromatic rings. The second-order valence-electron chi connectivity index (χ2n) is 11.0. The van der Waals surface area contributed by atoms with Crippen molar-refractivity contribution in [1.29, 1.82) is 0 Å². The van der Waals surface area contributed by atoms with Crippen LogP contribution in [0.3, 0.4) is 0 Å². The molecule has 4 rings (SSSR count). The van der Waals surface area contributed by atoms with Crippen molar-refractivity contribution in [3.63, 3.8) is 0 Å². The summed E-state index contributed by atoms with van der Waals surface area (Å²) in [4.78, 5) is 73.8. The number of methoxy groups -OCH3 is 1. The lowest BCUT2D eigenvalue weighted by atomic mass is 10.0. The van der Waals surface area contributed by atoms with E-state index in [-0.39, 0.29) is 31.9 Å². The van der Waals surface area contributed by atoms with Crippen LogP contribution in [0.25, 0.3) is 0 Å². The summed E-state index contributed by atoms with van der Waals surface area (Å²) >= 11 is 0.836. The molecule has 2 amide bonds. The number of phosphoric ester groups is 2. The number of hydrogen-bond acceptors (Lipinski definition) is 20. The smallest absolute Gasteiger partial charge is 0.478 e. The fraction of sp³-hybridized carbons (Fsp3) is 0.750. The summed E-state index contributed by atoms with van der Waals surface area (Å²) in [5.74, 6) is -1.37. The third-order valence-electron chi connectivity index (χ3n) is 7.52. The topological polar surface area (TPSA) is 335 Å². The van der Waals surface area contributed by atoms with Crippen LogP contribution in [0.5, 0.6) is 0 Å². The predicted molar refractivity (Wildman–Crippen MR) is 160 cm³/mol. The zero-order valence-corrected chi connectivity index (χ0v) is 28.6. The Morgan fingerprint density at radius 2 is 1.68 bits per heavy atom. The van der Waals surface area contributed by atoms with Crippen LogP contribution < -0.4 is 16.1 Å². The van der Waals surface area contributed by atoms with Gasteiger partial charge >= 0.3 is 13.5 Å². The number of aromatic amines is 1. The van der Waals surface area contributed by atoms with E-state index < -0.39 is 106 Å². The Hall–Kier alpha value is -1.93. The summed E-state index contributed by atoms with van der Waals surface area (Å²) in [6.07, 6.45) is -16.1. The van der Waals surface area contributed by atoms with Crippen molar-refractivity contribution >= 4 is 39.2 Å². The molecule has 23 nitrogen and oxygen atoms in total. The molecule has 50 heavy (non-hydrogen) atoms. The highest BCUT2D eigenvalue weighted by Crippen LogP contribution is 2.59. The molecular formula is C24H36N3O20P2S-. The van der Waals surface area contributed by atoms with Crippen LogP contribution in [0.1, 0.15) is 12.6 Å². The van der Waals surface area contributed by atoms with E-state index in [1.807, 2.05) is 4.98 Å². The molecule has 0 aromatic carbocycles. The maximum absolute atomic E-state index is 12.7. The van der Waals surface area contributed by atoms with Crippen molar-refractivity contribution in [2.24, 2.45) is 0 Å². The lowest BCUT2D eigenvalue weighted by Gasteiger charge is -2.41. The number of carbonyl (C=O) groups excluding carboxylic acids is 2. The van der Waals surface area contributed by atoms with E-state index in [4.69, 9.17) is 18.9 Å². The highest BCUT2D eigenvalue weighted by Gasteiger charge is 2.49. The average molecular weight is 781 g/mol. The Morgan fingerprint density at radius 3 is 2.36 bits per heavy atom. The van der Waals surface area contributed by atoms with E-state index in [2.05, 4.69) is 13.4 Å². The number of carbonyl (C=O) groups is 2. The van der Waals surface area contributed by atoms with Crippen LogP contribution in [0.2, 0.25) is 0 Å². The molecule has 3 fully saturated rings. The van der Waals surface area contributed by atoms with Crippen molar-refractivity contribution in [3.05, 3.63) is 33.1 Å². The van der Waals surface area contributed by atoms with E-state index in [9.17, 15) is 63.6 Å². The van der Waals surface area contributed by atoms with Crippen LogP contribution in [0, 0.1) is 0 Å². The number of rotatable bonds is 17. The second-order valence-corrected chi connectivity index (χ2v) is 15.2. The Kier molecular flexibility index (Phi) is 14.1. The number of ether oxygens (including phenoxy) is 4. The van der Waals surface area contributed by atoms with Crippen LogP contribution in [-0.4, -0.2) is 157 Å². The Bertz CT molecular complexity index is 1560. The van der Waals surface area contributed by atoms with Gasteiger partial charge in [0.25, 0.3) is 13.4 Å². The zero-order chi connectivity index (χ0) is 37.0. The van der Waals surface area contributed by atoms with Gasteiger partial charge in [-0.3, -0.25) is 42.4 Å². The highest BCUT2D eigenvalue weighted by atomic mass is 32.2. The van der Waals surface area contributed by atoms with Crippen molar-refractivity contribution in [2.75, 3.05) is 45.8 Å². The molecule has 0 spiro atoms. The molecule has 3 aliphatic heterocycles. The van der Waals surface area contributed by atoms with Crippen LogP contribution in [0.15, 0.2) is 21.9 Å². The highest BCUT2D eigenvalue weighted by molar-refractivity contribution is 8.00. The van der Waals surface area contributed by atoms with Gasteiger partial charge in [0.1, 0.15) is 36.6 Å². The number of aromatic nitrogens is 2. The first-order chi connectivity index (χ1) is 23.4. The van der Waals surface area contributed by atoms with E-state index in [1.165, 1.54) is 7.11 Å². The van der Waals surface area contributed by atoms with Gasteiger partial charge in [-0.2, -0.15) is 0 Å². The number of amides is 2. The lowest BCUT2D eigenvalue weighted by molar-refractivity contribution is -0.295. The molecule has 0 aliphatic carbocycles. The number of aliphatic hydroxyl groups excluding tert-OH is 5. The first-order valence-corrected chi connectivity index (χ1v) is 18.7. The van der Waals surface area contributed by atoms with Gasteiger partial charge in [0.2, 0.25) is 11.8 Å². The molecule has 26 heteroatoms. The third kappa shape index (κ3) is 10.1. The van der Waals surface area contributed by atoms with Crippen molar-refractivity contribution in [1.82, 2.24) is 14.5 Å². The van der Waals surface area contributed by atoms with Gasteiger partial charge < -0.3 is 54.3 Å². The largest absolute Gasteiger partial charge is 0.756 e. The summed E-state index contributed by atoms with van der Waals surface area (Å²) in [6.45, 7) is -0.479. The van der Waals surface area contributed by atoms with E-state index in [1.54, 1.807) is 0 Å². The summed E-state index contributed by atoms with van der Waals surface area (Å²) in [5.41, 5.74) is -1.79. The van der Waals surface area contributed by atoms with Gasteiger partial charge in [0.15, 0.2) is 12.5 Å². The number of phosphoric acid groups is 2. The standard InChI is InChI=1S/C24H37N3O20P2S/c1-41-6-7-42-5-4-26-15(29)8-13(21(26)35)50-10-12-17(31)18(32)20(34)23(45-12)46-49(39,40)47-48(37,38)43-9-11-16(30)19(33)22(44-11)27-3-2-14(28)25-24(27)36/h2-3,11-13,16-20,22-23,30-34H,4-10H2,1H3,(H,37,38)(H,39,40)(H,25,28,36)/p-1/t11-,12?,13?,16+,17+,18+,19?,20?,22-,23?/m1/s1. The van der Waals surface area contributed by atoms with Crippen molar-refractivity contribution < 1.29 is 86.3 Å². The molecule has 12 atom stereocenters. The Labute approximate surface area is 285 Å². The Balaban J connectivity index is 1.30. The molecule has 0 saturated carbocycles. The lowest BCUT2D eigenvalue weighted by Crippen LogP contribution is -2.59. The SMILES string of the molecule is COCCOCCN1C(=O)CC(SCC2OC(OP(=O)([O-])OP(=O)(O)OC[C@H]3O[C@@H](n4ccc(=O)[nH]c4=O)C(O)[C@H]3O)C(O)[C@@H](O)[C@H]2O)C1=O. The monoisotopic (exact) mass is 780 g/mol. The quantitative estimate of drug-likeness (QED) is 0.0442. The van der Waals surface area contributed by atoms with Crippen molar-refractivity contribution in [2.45, 2.75) is 66.9 Å². The van der Waals surface area contributed by atoms with Gasteiger partial charge in [-0.25, -0.2) is 13.7 Å². The molecular weight excluding hydrogens is 744 g/mol. The maximum atomic E-state index is 12.7. The van der Waals surface area contributed by atoms with Gasteiger partial charge in [-0.1, -0.05) is 0 Å². The van der Waals surface area contributed by atoms with Gasteiger partial charge in [-0.15, -0.1) is 11.8 Å². The molecule has 3 saturated heterocycles. The fourth-order valence-electron chi connectivity index (χ4n) is 4.96. The summed E-state index contributed by atoms with van der Waals surface area (Å²) < 4.78 is 59.6. The van der Waals surface area contributed by atoms with E-state index in [0.717, 1.165) is 28.9 Å². The second kappa shape index (κ2) is 17.3. The minimum Gasteiger partial charge on any atom is -0.756 e. The number of imide groups is 1. The zero-order valence-electron chi connectivity index (χ0n) is 26.0. The summed E-state index contributed by atoms with van der Waals surface area (Å²) in [6, 6.07) is 0.916. The van der Waals surface area contributed by atoms with Crippen LogP contribution in [-0.2, 0) is 51.0 Å². The van der Waals surface area contributed by atoms with Gasteiger partial charge in [0.05, 0.1) is 44.3 Å². The molecule has 0 radical (unpaired) electrons. The number of hydrogen-bond donors (Lipinski definition) is 7. The first kappa shape index (κ1) is 40.8. The number of H-pyrrole nitrogens is 1.